The van der Waals surface area contributed by atoms with Gasteiger partial charge in [0.2, 0.25) is 0 Å². The van der Waals surface area contributed by atoms with Gasteiger partial charge in [-0.25, -0.2) is 8.42 Å². The SMILES string of the molecule is CCCN1CC[C@@H](c2ccc(NS(=O)(=O)c3cc(C(F)(F)F)cc(C(F)(F)F)c3)cc2)C1.Cl. The second kappa shape index (κ2) is 10.1. The number of hydrogen-bond acceptors (Lipinski definition) is 3. The van der Waals surface area contributed by atoms with E-state index in [0.29, 0.717) is 0 Å². The van der Waals surface area contributed by atoms with Gasteiger partial charge in [-0.2, -0.15) is 26.3 Å². The minimum Gasteiger partial charge on any atom is -0.303 e. The van der Waals surface area contributed by atoms with Gasteiger partial charge in [0, 0.05) is 12.2 Å². The molecule has 1 fully saturated rings. The first-order chi connectivity index (χ1) is 14.8. The molecule has 1 aliphatic rings. The molecule has 12 heteroatoms. The molecule has 0 aliphatic carbocycles. The molecule has 0 spiro atoms. The third-order valence-corrected chi connectivity index (χ3v) is 6.68. The van der Waals surface area contributed by atoms with Crippen LogP contribution in [-0.2, 0) is 22.4 Å². The van der Waals surface area contributed by atoms with Crippen LogP contribution in [0.4, 0.5) is 32.0 Å². The van der Waals surface area contributed by atoms with Crippen molar-refractivity contribution in [3.8, 4) is 0 Å². The van der Waals surface area contributed by atoms with Gasteiger partial charge in [-0.05, 0) is 67.7 Å². The molecule has 2 aromatic carbocycles. The topological polar surface area (TPSA) is 49.4 Å². The van der Waals surface area contributed by atoms with E-state index in [-0.39, 0.29) is 42.2 Å². The summed E-state index contributed by atoms with van der Waals surface area (Å²) in [5.41, 5.74) is -2.35. The second-order valence-electron chi connectivity index (χ2n) is 7.76. The molecule has 0 bridgehead atoms. The molecule has 1 saturated heterocycles. The highest BCUT2D eigenvalue weighted by Crippen LogP contribution is 2.37. The van der Waals surface area contributed by atoms with Gasteiger partial charge in [-0.1, -0.05) is 19.1 Å². The number of alkyl halides is 6. The molecule has 0 saturated carbocycles. The first-order valence-corrected chi connectivity index (χ1v) is 11.4. The Bertz CT molecular complexity index is 1020. The highest BCUT2D eigenvalue weighted by molar-refractivity contribution is 7.92. The second-order valence-corrected chi connectivity index (χ2v) is 9.44. The van der Waals surface area contributed by atoms with Crippen molar-refractivity contribution >= 4 is 28.1 Å². The van der Waals surface area contributed by atoms with Crippen LogP contribution in [0.1, 0.15) is 42.4 Å². The number of hydrogen-bond donors (Lipinski definition) is 1. The van der Waals surface area contributed by atoms with Gasteiger partial charge in [0.1, 0.15) is 0 Å². The highest BCUT2D eigenvalue weighted by Gasteiger charge is 2.38. The Balaban J connectivity index is 0.00000385. The third kappa shape index (κ3) is 6.77. The molecule has 1 heterocycles. The number of anilines is 1. The van der Waals surface area contributed by atoms with Gasteiger partial charge in [0.25, 0.3) is 10.0 Å². The van der Waals surface area contributed by atoms with Gasteiger partial charge in [0.15, 0.2) is 0 Å². The van der Waals surface area contributed by atoms with E-state index < -0.39 is 38.4 Å². The fraction of sp³-hybridized carbons (Fsp3) is 0.429. The smallest absolute Gasteiger partial charge is 0.303 e. The van der Waals surface area contributed by atoms with Gasteiger partial charge in [-0.3, -0.25) is 4.72 Å². The zero-order chi connectivity index (χ0) is 23.7. The summed E-state index contributed by atoms with van der Waals surface area (Å²) in [6.07, 6.45) is -8.28. The summed E-state index contributed by atoms with van der Waals surface area (Å²) in [5, 5.41) is 0. The minimum absolute atomic E-state index is 0. The lowest BCUT2D eigenvalue weighted by molar-refractivity contribution is -0.143. The number of rotatable bonds is 6. The van der Waals surface area contributed by atoms with Crippen LogP contribution in [0.25, 0.3) is 0 Å². The van der Waals surface area contributed by atoms with Crippen molar-refractivity contribution < 1.29 is 34.8 Å². The molecule has 0 unspecified atom stereocenters. The molecule has 1 aliphatic heterocycles. The summed E-state index contributed by atoms with van der Waals surface area (Å²) in [5.74, 6) is 0.282. The number of sulfonamides is 1. The Kier molecular flexibility index (Phi) is 8.35. The zero-order valence-electron chi connectivity index (χ0n) is 17.5. The van der Waals surface area contributed by atoms with E-state index in [1.807, 2.05) is 0 Å². The Hall–Kier alpha value is -1.98. The van der Waals surface area contributed by atoms with Crippen LogP contribution in [0.3, 0.4) is 0 Å². The molecule has 0 aromatic heterocycles. The minimum atomic E-state index is -5.14. The molecule has 0 radical (unpaired) electrons. The quantitative estimate of drug-likeness (QED) is 0.469. The molecular weight excluding hydrogens is 494 g/mol. The van der Waals surface area contributed by atoms with Crippen LogP contribution >= 0.6 is 12.4 Å². The number of benzene rings is 2. The van der Waals surface area contributed by atoms with Crippen LogP contribution in [0.15, 0.2) is 47.4 Å². The lowest BCUT2D eigenvalue weighted by Crippen LogP contribution is -2.20. The maximum atomic E-state index is 13.0. The van der Waals surface area contributed by atoms with Crippen molar-refractivity contribution in [3.63, 3.8) is 0 Å². The van der Waals surface area contributed by atoms with Gasteiger partial charge in [-0.15, -0.1) is 12.4 Å². The molecule has 33 heavy (non-hydrogen) atoms. The van der Waals surface area contributed by atoms with Crippen LogP contribution < -0.4 is 4.72 Å². The number of likely N-dealkylation sites (tertiary alicyclic amines) is 1. The molecule has 0 amide bonds. The van der Waals surface area contributed by atoms with Crippen LogP contribution in [0, 0.1) is 0 Å². The molecule has 2 aromatic rings. The summed E-state index contributed by atoms with van der Waals surface area (Å²) in [4.78, 5) is 1.21. The van der Waals surface area contributed by atoms with Crippen LogP contribution in [-0.4, -0.2) is 33.0 Å². The van der Waals surface area contributed by atoms with E-state index in [1.165, 1.54) is 12.1 Å². The van der Waals surface area contributed by atoms with Crippen molar-refractivity contribution in [2.45, 2.75) is 42.9 Å². The highest BCUT2D eigenvalue weighted by atomic mass is 35.5. The van der Waals surface area contributed by atoms with Gasteiger partial charge >= 0.3 is 12.4 Å². The van der Waals surface area contributed by atoms with Crippen molar-refractivity contribution in [2.24, 2.45) is 0 Å². The Morgan fingerprint density at radius 3 is 2.00 bits per heavy atom. The number of nitrogens with zero attached hydrogens (tertiary/aromatic N) is 1. The predicted molar refractivity (Wildman–Crippen MR) is 115 cm³/mol. The Morgan fingerprint density at radius 2 is 1.52 bits per heavy atom. The summed E-state index contributed by atoms with van der Waals surface area (Å²) in [6.45, 7) is 4.93. The molecule has 3 rings (SSSR count). The van der Waals surface area contributed by atoms with E-state index in [1.54, 1.807) is 12.1 Å². The Morgan fingerprint density at radius 1 is 0.970 bits per heavy atom. The van der Waals surface area contributed by atoms with Crippen molar-refractivity contribution in [1.29, 1.82) is 0 Å². The predicted octanol–water partition coefficient (Wildman–Crippen LogP) is 6.15. The summed E-state index contributed by atoms with van der Waals surface area (Å²) >= 11 is 0. The van der Waals surface area contributed by atoms with E-state index in [0.717, 1.165) is 38.0 Å². The molecule has 4 nitrogen and oxygen atoms in total. The normalized spacial score (nSPS) is 17.6. The standard InChI is InChI=1S/C21H22F6N2O2S.ClH/c1-2-8-29-9-7-15(13-29)14-3-5-18(6-4-14)28-32(30,31)19-11-16(20(22,23)24)10-17(12-19)21(25,26)27;/h3-6,10-12,15,28H,2,7-9,13H2,1H3;1H/t15-;/m1./s1. The van der Waals surface area contributed by atoms with E-state index >= 15 is 0 Å². The molecular formula is C21H23ClF6N2O2S. The first-order valence-electron chi connectivity index (χ1n) is 9.94. The maximum Gasteiger partial charge on any atom is 0.416 e. The average Bonchev–Trinajstić information content (AvgIpc) is 3.15. The van der Waals surface area contributed by atoms with E-state index in [9.17, 15) is 34.8 Å². The van der Waals surface area contributed by atoms with Crippen LogP contribution in [0.5, 0.6) is 0 Å². The monoisotopic (exact) mass is 516 g/mol. The molecule has 184 valence electrons. The van der Waals surface area contributed by atoms with Gasteiger partial charge < -0.3 is 4.90 Å². The van der Waals surface area contributed by atoms with Crippen LogP contribution in [0.2, 0.25) is 0 Å². The van der Waals surface area contributed by atoms with E-state index in [2.05, 4.69) is 16.5 Å². The van der Waals surface area contributed by atoms with E-state index in [4.69, 9.17) is 0 Å². The fourth-order valence-corrected chi connectivity index (χ4v) is 4.87. The van der Waals surface area contributed by atoms with Crippen molar-refractivity contribution in [2.75, 3.05) is 24.4 Å². The number of nitrogens with one attached hydrogen (secondary N) is 1. The van der Waals surface area contributed by atoms with Gasteiger partial charge in [0.05, 0.1) is 16.0 Å². The molecule has 1 N–H and O–H groups in total. The maximum absolute atomic E-state index is 13.0. The summed E-state index contributed by atoms with van der Waals surface area (Å²) < 4.78 is 105. The van der Waals surface area contributed by atoms with Crippen molar-refractivity contribution in [1.82, 2.24) is 4.90 Å². The number of halogens is 7. The zero-order valence-corrected chi connectivity index (χ0v) is 19.1. The fourth-order valence-electron chi connectivity index (χ4n) is 3.74. The first kappa shape index (κ1) is 27.3. The molecule has 1 atom stereocenters. The largest absolute Gasteiger partial charge is 0.416 e. The lowest BCUT2D eigenvalue weighted by Gasteiger charge is -2.16. The lowest BCUT2D eigenvalue weighted by atomic mass is 9.98. The third-order valence-electron chi connectivity index (χ3n) is 5.32. The summed E-state index contributed by atoms with van der Waals surface area (Å²) in [6, 6.07) is 6.59. The van der Waals surface area contributed by atoms with Crippen molar-refractivity contribution in [3.05, 3.63) is 59.2 Å². The average molecular weight is 517 g/mol. The Labute approximate surface area is 194 Å². The summed E-state index contributed by atoms with van der Waals surface area (Å²) in [7, 11) is -4.69.